The van der Waals surface area contributed by atoms with Crippen LogP contribution in [0.25, 0.3) is 17.0 Å². The summed E-state index contributed by atoms with van der Waals surface area (Å²) >= 11 is 0. The summed E-state index contributed by atoms with van der Waals surface area (Å²) in [5.74, 6) is 0.906. The van der Waals surface area contributed by atoms with Crippen molar-refractivity contribution >= 4 is 23.0 Å². The van der Waals surface area contributed by atoms with Gasteiger partial charge in [0, 0.05) is 23.1 Å². The molecule has 0 saturated heterocycles. The van der Waals surface area contributed by atoms with Crippen LogP contribution >= 0.6 is 0 Å². The Morgan fingerprint density at radius 1 is 1.13 bits per heavy atom. The number of fused-ring (bicyclic) bond motifs is 3. The van der Waals surface area contributed by atoms with E-state index in [2.05, 4.69) is 6.58 Å². The molecule has 0 fully saturated rings. The summed E-state index contributed by atoms with van der Waals surface area (Å²) in [6, 6.07) is 10.4. The highest BCUT2D eigenvalue weighted by Crippen LogP contribution is 2.30. The van der Waals surface area contributed by atoms with Gasteiger partial charge in [-0.3, -0.25) is 0 Å². The van der Waals surface area contributed by atoms with E-state index in [0.29, 0.717) is 29.4 Å². The molecule has 0 atom stereocenters. The average molecular weight is 418 g/mol. The van der Waals surface area contributed by atoms with Crippen LogP contribution in [-0.2, 0) is 17.6 Å². The quantitative estimate of drug-likeness (QED) is 0.185. The van der Waals surface area contributed by atoms with Gasteiger partial charge in [0.15, 0.2) is 11.5 Å². The number of esters is 1. The van der Waals surface area contributed by atoms with Gasteiger partial charge in [0.1, 0.15) is 17.9 Å². The lowest BCUT2D eigenvalue weighted by Crippen LogP contribution is -2.07. The Morgan fingerprint density at radius 3 is 2.77 bits per heavy atom. The van der Waals surface area contributed by atoms with Crippen molar-refractivity contribution in [1.29, 1.82) is 0 Å². The van der Waals surface area contributed by atoms with Gasteiger partial charge in [0.25, 0.3) is 0 Å². The van der Waals surface area contributed by atoms with E-state index in [4.69, 9.17) is 18.6 Å². The third-order valence-electron chi connectivity index (χ3n) is 5.12. The van der Waals surface area contributed by atoms with Crippen molar-refractivity contribution in [1.82, 2.24) is 0 Å². The van der Waals surface area contributed by atoms with E-state index in [9.17, 15) is 9.59 Å². The molecule has 0 saturated carbocycles. The second-order valence-corrected chi connectivity index (χ2v) is 7.12. The SMILES string of the molecule is C=CCOc1ccc(/C=C/C(=O)Oc2ccc3c4c(c(=O)oc3c2)CCC4)cc1OC. The van der Waals surface area contributed by atoms with E-state index in [1.54, 1.807) is 49.6 Å². The van der Waals surface area contributed by atoms with Crippen LogP contribution in [-0.4, -0.2) is 19.7 Å². The highest BCUT2D eigenvalue weighted by atomic mass is 16.5. The fourth-order valence-electron chi connectivity index (χ4n) is 3.70. The third-order valence-corrected chi connectivity index (χ3v) is 5.12. The Hall–Kier alpha value is -3.80. The Kier molecular flexibility index (Phi) is 5.89. The van der Waals surface area contributed by atoms with Crippen LogP contribution in [0.3, 0.4) is 0 Å². The van der Waals surface area contributed by atoms with Crippen molar-refractivity contribution in [3.63, 3.8) is 0 Å². The van der Waals surface area contributed by atoms with Crippen LogP contribution < -0.4 is 19.8 Å². The number of rotatable bonds is 7. The van der Waals surface area contributed by atoms with Crippen molar-refractivity contribution in [3.8, 4) is 17.2 Å². The van der Waals surface area contributed by atoms with Crippen LogP contribution in [0.5, 0.6) is 17.2 Å². The van der Waals surface area contributed by atoms with Crippen LogP contribution in [0.4, 0.5) is 0 Å². The van der Waals surface area contributed by atoms with Gasteiger partial charge in [0.05, 0.1) is 7.11 Å². The van der Waals surface area contributed by atoms with Crippen molar-refractivity contribution < 1.29 is 23.4 Å². The second kappa shape index (κ2) is 8.92. The smallest absolute Gasteiger partial charge is 0.339 e. The fourth-order valence-corrected chi connectivity index (χ4v) is 3.70. The molecular weight excluding hydrogens is 396 g/mol. The van der Waals surface area contributed by atoms with Crippen molar-refractivity contribution in [2.45, 2.75) is 19.3 Å². The van der Waals surface area contributed by atoms with E-state index >= 15 is 0 Å². The second-order valence-electron chi connectivity index (χ2n) is 7.12. The van der Waals surface area contributed by atoms with E-state index in [1.165, 1.54) is 6.08 Å². The van der Waals surface area contributed by atoms with Gasteiger partial charge >= 0.3 is 11.6 Å². The lowest BCUT2D eigenvalue weighted by atomic mass is 10.1. The molecule has 2 aromatic carbocycles. The van der Waals surface area contributed by atoms with Crippen LogP contribution in [0.15, 0.2) is 64.3 Å². The molecule has 0 amide bonds. The first kappa shape index (κ1) is 20.5. The molecule has 0 aliphatic heterocycles. The van der Waals surface area contributed by atoms with Gasteiger partial charge in [-0.15, -0.1) is 0 Å². The maximum atomic E-state index is 12.3. The highest BCUT2D eigenvalue weighted by molar-refractivity contribution is 5.90. The Morgan fingerprint density at radius 2 is 1.97 bits per heavy atom. The molecule has 1 aromatic heterocycles. The lowest BCUT2D eigenvalue weighted by Gasteiger charge is -2.09. The summed E-state index contributed by atoms with van der Waals surface area (Å²) in [4.78, 5) is 24.4. The maximum absolute atomic E-state index is 12.3. The molecule has 31 heavy (non-hydrogen) atoms. The summed E-state index contributed by atoms with van der Waals surface area (Å²) < 4.78 is 21.6. The molecule has 0 bridgehead atoms. The predicted molar refractivity (Wildman–Crippen MR) is 118 cm³/mol. The van der Waals surface area contributed by atoms with Gasteiger partial charge in [-0.1, -0.05) is 18.7 Å². The molecule has 1 aliphatic rings. The van der Waals surface area contributed by atoms with E-state index in [0.717, 1.165) is 41.3 Å². The molecular formula is C25H22O6. The standard InChI is InChI=1S/C25H22O6/c1-3-13-29-21-11-7-16(14-23(21)28-2)8-12-24(26)30-17-9-10-19-18-5-4-6-20(18)25(27)31-22(19)15-17/h3,7-12,14-15H,1,4-6,13H2,2H3/b12-8+. The van der Waals surface area contributed by atoms with Gasteiger partial charge in [-0.25, -0.2) is 9.59 Å². The van der Waals surface area contributed by atoms with Gasteiger partial charge < -0.3 is 18.6 Å². The number of aryl methyl sites for hydroxylation is 1. The van der Waals surface area contributed by atoms with Crippen molar-refractivity contribution in [2.24, 2.45) is 0 Å². The number of ether oxygens (including phenoxy) is 3. The van der Waals surface area contributed by atoms with Gasteiger partial charge in [-0.2, -0.15) is 0 Å². The molecule has 158 valence electrons. The molecule has 0 N–H and O–H groups in total. The minimum absolute atomic E-state index is 0.308. The zero-order valence-corrected chi connectivity index (χ0v) is 17.2. The molecule has 6 nitrogen and oxygen atoms in total. The molecule has 1 heterocycles. The van der Waals surface area contributed by atoms with E-state index in [1.807, 2.05) is 6.07 Å². The first-order valence-corrected chi connectivity index (χ1v) is 9.99. The van der Waals surface area contributed by atoms with E-state index < -0.39 is 5.97 Å². The minimum Gasteiger partial charge on any atom is -0.493 e. The van der Waals surface area contributed by atoms with Crippen LogP contribution in [0.2, 0.25) is 0 Å². The van der Waals surface area contributed by atoms with Gasteiger partial charge in [0.2, 0.25) is 0 Å². The number of hydrogen-bond acceptors (Lipinski definition) is 6. The number of carbonyl (C=O) groups excluding carboxylic acids is 1. The first-order chi connectivity index (χ1) is 15.1. The average Bonchev–Trinajstić information content (AvgIpc) is 3.27. The highest BCUT2D eigenvalue weighted by Gasteiger charge is 2.19. The molecule has 6 heteroatoms. The normalized spacial score (nSPS) is 12.7. The topological polar surface area (TPSA) is 75.0 Å². The maximum Gasteiger partial charge on any atom is 0.339 e. The Bertz CT molecular complexity index is 1230. The summed E-state index contributed by atoms with van der Waals surface area (Å²) in [6.45, 7) is 3.99. The molecule has 4 rings (SSSR count). The van der Waals surface area contributed by atoms with E-state index in [-0.39, 0.29) is 5.63 Å². The fraction of sp³-hybridized carbons (Fsp3) is 0.200. The molecule has 1 aliphatic carbocycles. The zero-order chi connectivity index (χ0) is 21.8. The van der Waals surface area contributed by atoms with Crippen LogP contribution in [0, 0.1) is 0 Å². The summed E-state index contributed by atoms with van der Waals surface area (Å²) in [7, 11) is 1.55. The lowest BCUT2D eigenvalue weighted by molar-refractivity contribution is -0.128. The predicted octanol–water partition coefficient (Wildman–Crippen LogP) is 4.47. The van der Waals surface area contributed by atoms with Crippen molar-refractivity contribution in [2.75, 3.05) is 13.7 Å². The molecule has 0 radical (unpaired) electrons. The summed E-state index contributed by atoms with van der Waals surface area (Å²) in [5.41, 5.74) is 2.67. The summed E-state index contributed by atoms with van der Waals surface area (Å²) in [5, 5.41) is 0.897. The third kappa shape index (κ3) is 4.38. The minimum atomic E-state index is -0.547. The molecule has 0 spiro atoms. The van der Waals surface area contributed by atoms with Crippen LogP contribution in [0.1, 0.15) is 23.1 Å². The number of carbonyl (C=O) groups is 1. The number of benzene rings is 2. The number of methoxy groups -OCH3 is 1. The Balaban J connectivity index is 1.49. The monoisotopic (exact) mass is 418 g/mol. The Labute approximate surface area is 179 Å². The first-order valence-electron chi connectivity index (χ1n) is 9.99. The molecule has 0 unspecified atom stereocenters. The zero-order valence-electron chi connectivity index (χ0n) is 17.2. The van der Waals surface area contributed by atoms with Crippen molar-refractivity contribution in [3.05, 3.63) is 82.2 Å². The molecule has 3 aromatic rings. The summed E-state index contributed by atoms with van der Waals surface area (Å²) in [6.07, 6.45) is 7.15. The number of hydrogen-bond donors (Lipinski definition) is 0. The largest absolute Gasteiger partial charge is 0.493 e. The van der Waals surface area contributed by atoms with Gasteiger partial charge in [-0.05, 0) is 60.7 Å².